The maximum Gasteiger partial charge on any atom is 0.270 e. The van der Waals surface area contributed by atoms with Crippen molar-refractivity contribution in [3.05, 3.63) is 40.4 Å². The van der Waals surface area contributed by atoms with Crippen LogP contribution in [0.25, 0.3) is 10.9 Å². The van der Waals surface area contributed by atoms with Gasteiger partial charge in [0, 0.05) is 24.1 Å². The molecule has 1 aromatic carbocycles. The Labute approximate surface area is 121 Å². The summed E-state index contributed by atoms with van der Waals surface area (Å²) in [4.78, 5) is 26.1. The summed E-state index contributed by atoms with van der Waals surface area (Å²) in [6.07, 6.45) is 0.258. The van der Waals surface area contributed by atoms with E-state index in [9.17, 15) is 14.9 Å². The molecule has 0 spiro atoms. The number of ether oxygens (including phenoxy) is 1. The van der Waals surface area contributed by atoms with Crippen molar-refractivity contribution in [2.24, 2.45) is 0 Å². The van der Waals surface area contributed by atoms with Gasteiger partial charge in [0.2, 0.25) is 5.91 Å². The van der Waals surface area contributed by atoms with Gasteiger partial charge in [-0.1, -0.05) is 0 Å². The number of carbonyl (C=O) groups is 1. The quantitative estimate of drug-likeness (QED) is 0.501. The van der Waals surface area contributed by atoms with E-state index in [0.717, 1.165) is 0 Å². The van der Waals surface area contributed by atoms with E-state index in [1.807, 2.05) is 6.92 Å². The molecule has 0 fully saturated rings. The van der Waals surface area contributed by atoms with Gasteiger partial charge in [-0.25, -0.2) is 4.98 Å². The Kier molecular flexibility index (Phi) is 4.78. The molecule has 2 rings (SSSR count). The zero-order valence-corrected chi connectivity index (χ0v) is 11.5. The molecule has 1 amide bonds. The minimum atomic E-state index is -0.455. The van der Waals surface area contributed by atoms with Gasteiger partial charge in [0.1, 0.15) is 5.82 Å². The number of pyridine rings is 1. The molecule has 1 heterocycles. The molecule has 0 unspecified atom stereocenters. The number of non-ortho nitro benzene ring substituents is 1. The van der Waals surface area contributed by atoms with Crippen LogP contribution in [0.15, 0.2) is 30.3 Å². The van der Waals surface area contributed by atoms with Crippen molar-refractivity contribution < 1.29 is 14.5 Å². The first-order chi connectivity index (χ1) is 10.1. The lowest BCUT2D eigenvalue weighted by Crippen LogP contribution is -2.15. The van der Waals surface area contributed by atoms with E-state index < -0.39 is 4.92 Å². The van der Waals surface area contributed by atoms with Crippen molar-refractivity contribution in [3.8, 4) is 0 Å². The second-order valence-corrected chi connectivity index (χ2v) is 4.33. The number of nitrogens with zero attached hydrogens (tertiary/aromatic N) is 2. The predicted octanol–water partition coefficient (Wildman–Crippen LogP) is 2.51. The lowest BCUT2D eigenvalue weighted by Gasteiger charge is -2.06. The molecule has 110 valence electrons. The van der Waals surface area contributed by atoms with Crippen LogP contribution in [0.2, 0.25) is 0 Å². The van der Waals surface area contributed by atoms with Crippen LogP contribution >= 0.6 is 0 Å². The van der Waals surface area contributed by atoms with Crippen LogP contribution in [0.3, 0.4) is 0 Å². The number of anilines is 1. The highest BCUT2D eigenvalue weighted by Crippen LogP contribution is 2.21. The van der Waals surface area contributed by atoms with Crippen LogP contribution in [0.1, 0.15) is 13.3 Å². The van der Waals surface area contributed by atoms with Crippen molar-refractivity contribution in [1.29, 1.82) is 0 Å². The van der Waals surface area contributed by atoms with Crippen LogP contribution in [-0.2, 0) is 9.53 Å². The zero-order valence-electron chi connectivity index (χ0n) is 11.5. The molecule has 0 bridgehead atoms. The van der Waals surface area contributed by atoms with Gasteiger partial charge in [-0.05, 0) is 25.1 Å². The van der Waals surface area contributed by atoms with E-state index in [4.69, 9.17) is 4.74 Å². The fourth-order valence-electron chi connectivity index (χ4n) is 1.81. The van der Waals surface area contributed by atoms with Crippen molar-refractivity contribution >= 4 is 28.3 Å². The van der Waals surface area contributed by atoms with Gasteiger partial charge in [-0.3, -0.25) is 14.9 Å². The molecule has 0 saturated carbocycles. The van der Waals surface area contributed by atoms with E-state index >= 15 is 0 Å². The largest absolute Gasteiger partial charge is 0.381 e. The summed E-state index contributed by atoms with van der Waals surface area (Å²) in [5.41, 5.74) is 0.598. The summed E-state index contributed by atoms with van der Waals surface area (Å²) in [6, 6.07) is 7.69. The third kappa shape index (κ3) is 3.96. The van der Waals surface area contributed by atoms with Crippen molar-refractivity contribution in [1.82, 2.24) is 4.98 Å². The Balaban J connectivity index is 2.10. The van der Waals surface area contributed by atoms with Crippen molar-refractivity contribution in [2.75, 3.05) is 18.5 Å². The van der Waals surface area contributed by atoms with E-state index in [2.05, 4.69) is 10.3 Å². The van der Waals surface area contributed by atoms with Crippen LogP contribution in [0, 0.1) is 10.1 Å². The Morgan fingerprint density at radius 1 is 1.38 bits per heavy atom. The van der Waals surface area contributed by atoms with E-state index in [0.29, 0.717) is 29.9 Å². The number of hydrogen-bond acceptors (Lipinski definition) is 5. The monoisotopic (exact) mass is 289 g/mol. The molecule has 0 aliphatic heterocycles. The van der Waals surface area contributed by atoms with Crippen molar-refractivity contribution in [2.45, 2.75) is 13.3 Å². The lowest BCUT2D eigenvalue weighted by atomic mass is 10.2. The molecular weight excluding hydrogens is 274 g/mol. The molecule has 0 aliphatic carbocycles. The summed E-state index contributed by atoms with van der Waals surface area (Å²) in [7, 11) is 0. The Morgan fingerprint density at radius 3 is 2.90 bits per heavy atom. The van der Waals surface area contributed by atoms with Gasteiger partial charge in [0.15, 0.2) is 0 Å². The van der Waals surface area contributed by atoms with Gasteiger partial charge in [-0.15, -0.1) is 0 Å². The first-order valence-corrected chi connectivity index (χ1v) is 6.53. The fraction of sp³-hybridized carbons (Fsp3) is 0.286. The average Bonchev–Trinajstić information content (AvgIpc) is 2.46. The number of amides is 1. The van der Waals surface area contributed by atoms with Gasteiger partial charge >= 0.3 is 0 Å². The minimum absolute atomic E-state index is 0.0119. The molecule has 0 radical (unpaired) electrons. The van der Waals surface area contributed by atoms with Crippen LogP contribution in [0.4, 0.5) is 11.5 Å². The van der Waals surface area contributed by atoms with Gasteiger partial charge in [0.25, 0.3) is 5.69 Å². The molecule has 2 aromatic rings. The number of carbonyl (C=O) groups excluding carboxylic acids is 1. The Bertz CT molecular complexity index is 672. The third-order valence-electron chi connectivity index (χ3n) is 2.83. The smallest absolute Gasteiger partial charge is 0.270 e. The van der Waals surface area contributed by atoms with Crippen molar-refractivity contribution in [3.63, 3.8) is 0 Å². The molecule has 0 saturated heterocycles. The van der Waals surface area contributed by atoms with Crippen LogP contribution < -0.4 is 5.32 Å². The topological polar surface area (TPSA) is 94.4 Å². The molecule has 21 heavy (non-hydrogen) atoms. The Hall–Kier alpha value is -2.54. The van der Waals surface area contributed by atoms with E-state index in [1.54, 1.807) is 18.2 Å². The maximum atomic E-state index is 11.6. The predicted molar refractivity (Wildman–Crippen MR) is 78.1 cm³/mol. The summed E-state index contributed by atoms with van der Waals surface area (Å²) in [5.74, 6) is 0.232. The fourth-order valence-corrected chi connectivity index (χ4v) is 1.81. The molecule has 7 nitrogen and oxygen atoms in total. The van der Waals surface area contributed by atoms with E-state index in [1.165, 1.54) is 12.1 Å². The Morgan fingerprint density at radius 2 is 2.19 bits per heavy atom. The number of nitro benzene ring substituents is 1. The zero-order chi connectivity index (χ0) is 15.2. The molecule has 0 atom stereocenters. The molecule has 1 aromatic heterocycles. The number of benzene rings is 1. The van der Waals surface area contributed by atoms with Gasteiger partial charge < -0.3 is 10.1 Å². The highest BCUT2D eigenvalue weighted by atomic mass is 16.6. The normalized spacial score (nSPS) is 10.5. The second-order valence-electron chi connectivity index (χ2n) is 4.33. The van der Waals surface area contributed by atoms with Gasteiger partial charge in [0.05, 0.1) is 23.5 Å². The number of fused-ring (bicyclic) bond motifs is 1. The summed E-state index contributed by atoms with van der Waals surface area (Å²) < 4.78 is 5.10. The highest BCUT2D eigenvalue weighted by Gasteiger charge is 2.08. The lowest BCUT2D eigenvalue weighted by molar-refractivity contribution is -0.384. The van der Waals surface area contributed by atoms with Crippen LogP contribution in [0.5, 0.6) is 0 Å². The van der Waals surface area contributed by atoms with Gasteiger partial charge in [-0.2, -0.15) is 0 Å². The van der Waals surface area contributed by atoms with Crippen LogP contribution in [-0.4, -0.2) is 29.0 Å². The maximum absolute atomic E-state index is 11.6. The SMILES string of the molecule is CCOCCC(=O)Nc1ccc2cc([N+](=O)[O-])ccc2n1. The molecule has 0 aliphatic rings. The summed E-state index contributed by atoms with van der Waals surface area (Å²) >= 11 is 0. The molecule has 1 N–H and O–H groups in total. The first kappa shape index (κ1) is 14.9. The van der Waals surface area contributed by atoms with E-state index in [-0.39, 0.29) is 18.0 Å². The molecule has 7 heteroatoms. The first-order valence-electron chi connectivity index (χ1n) is 6.53. The number of rotatable bonds is 6. The standard InChI is InChI=1S/C14H15N3O4/c1-2-21-8-7-14(18)16-13-6-3-10-9-11(17(19)20)4-5-12(10)15-13/h3-6,9H,2,7-8H2,1H3,(H,15,16,18). The highest BCUT2D eigenvalue weighted by molar-refractivity contribution is 5.91. The number of nitrogens with one attached hydrogen (secondary N) is 1. The third-order valence-corrected chi connectivity index (χ3v) is 2.83. The number of aromatic nitrogens is 1. The minimum Gasteiger partial charge on any atom is -0.381 e. The average molecular weight is 289 g/mol. The molecular formula is C14H15N3O4. The number of nitro groups is 1. The second kappa shape index (κ2) is 6.76. The summed E-state index contributed by atoms with van der Waals surface area (Å²) in [6.45, 7) is 2.80. The number of hydrogen-bond donors (Lipinski definition) is 1. The summed E-state index contributed by atoms with van der Waals surface area (Å²) in [5, 5.41) is 14.0.